The Morgan fingerprint density at radius 2 is 2.29 bits per heavy atom. The van der Waals surface area contributed by atoms with E-state index in [4.69, 9.17) is 6.42 Å². The number of piperidine rings is 1. The van der Waals surface area contributed by atoms with Crippen molar-refractivity contribution in [3.05, 3.63) is 0 Å². The topological polar surface area (TPSA) is 15.3 Å². The molecule has 0 aliphatic carbocycles. The van der Waals surface area contributed by atoms with Crippen molar-refractivity contribution in [3.63, 3.8) is 0 Å². The molecule has 0 bridgehead atoms. The summed E-state index contributed by atoms with van der Waals surface area (Å²) >= 11 is 0. The monoisotopic (exact) mass is 236 g/mol. The molecule has 1 rings (SSSR count). The Labute approximate surface area is 107 Å². The van der Waals surface area contributed by atoms with Crippen LogP contribution in [0.1, 0.15) is 46.0 Å². The summed E-state index contributed by atoms with van der Waals surface area (Å²) in [6.07, 6.45) is 11.3. The second-order valence-corrected chi connectivity index (χ2v) is 5.20. The van der Waals surface area contributed by atoms with Gasteiger partial charge < -0.3 is 10.2 Å². The highest BCUT2D eigenvalue weighted by Gasteiger charge is 2.23. The van der Waals surface area contributed by atoms with Crippen LogP contribution in [0.3, 0.4) is 0 Å². The van der Waals surface area contributed by atoms with Gasteiger partial charge in [0.15, 0.2) is 0 Å². The predicted octanol–water partition coefficient (Wildman–Crippen LogP) is 2.50. The number of nitrogens with zero attached hydrogens (tertiary/aromatic N) is 1. The fourth-order valence-electron chi connectivity index (χ4n) is 2.64. The van der Waals surface area contributed by atoms with Crippen LogP contribution in [0.4, 0.5) is 0 Å². The van der Waals surface area contributed by atoms with Crippen molar-refractivity contribution in [1.82, 2.24) is 10.2 Å². The van der Waals surface area contributed by atoms with E-state index in [1.165, 1.54) is 38.9 Å². The Kier molecular flexibility index (Phi) is 7.32. The van der Waals surface area contributed by atoms with Gasteiger partial charge in [0.1, 0.15) is 0 Å². The zero-order valence-corrected chi connectivity index (χ0v) is 11.5. The summed E-state index contributed by atoms with van der Waals surface area (Å²) in [6, 6.07) is 0.648. The molecule has 1 aliphatic rings. The molecule has 2 atom stereocenters. The van der Waals surface area contributed by atoms with Crippen molar-refractivity contribution < 1.29 is 0 Å². The SMILES string of the molecule is C#CCCCCNC(C)C1CCCN(CC)C1. The molecule has 1 saturated heterocycles. The van der Waals surface area contributed by atoms with Gasteiger partial charge in [-0.15, -0.1) is 12.3 Å². The second-order valence-electron chi connectivity index (χ2n) is 5.20. The van der Waals surface area contributed by atoms with Crippen molar-refractivity contribution in [2.24, 2.45) is 5.92 Å². The normalized spacial score (nSPS) is 23.2. The maximum Gasteiger partial charge on any atom is 0.00865 e. The fourth-order valence-corrected chi connectivity index (χ4v) is 2.64. The van der Waals surface area contributed by atoms with E-state index < -0.39 is 0 Å². The average molecular weight is 236 g/mol. The van der Waals surface area contributed by atoms with E-state index in [9.17, 15) is 0 Å². The first-order chi connectivity index (χ1) is 8.27. The molecule has 0 aromatic carbocycles. The molecular weight excluding hydrogens is 208 g/mol. The molecule has 1 N–H and O–H groups in total. The van der Waals surface area contributed by atoms with Crippen LogP contribution < -0.4 is 5.32 Å². The van der Waals surface area contributed by atoms with Gasteiger partial charge in [0.2, 0.25) is 0 Å². The number of hydrogen-bond acceptors (Lipinski definition) is 2. The number of unbranched alkanes of at least 4 members (excludes halogenated alkanes) is 2. The summed E-state index contributed by atoms with van der Waals surface area (Å²) in [7, 11) is 0. The summed E-state index contributed by atoms with van der Waals surface area (Å²) in [5, 5.41) is 3.66. The molecule has 1 aliphatic heterocycles. The Bertz CT molecular complexity index is 232. The number of likely N-dealkylation sites (tertiary alicyclic amines) is 1. The van der Waals surface area contributed by atoms with Gasteiger partial charge in [-0.05, 0) is 58.2 Å². The lowest BCUT2D eigenvalue weighted by Crippen LogP contribution is -2.44. The molecule has 0 amide bonds. The van der Waals surface area contributed by atoms with E-state index in [0.717, 1.165) is 25.3 Å². The lowest BCUT2D eigenvalue weighted by Gasteiger charge is -2.35. The Balaban J connectivity index is 2.14. The lowest BCUT2D eigenvalue weighted by atomic mass is 9.91. The zero-order chi connectivity index (χ0) is 12.5. The molecule has 2 unspecified atom stereocenters. The average Bonchev–Trinajstić information content (AvgIpc) is 2.38. The van der Waals surface area contributed by atoms with Crippen LogP contribution in [0, 0.1) is 18.3 Å². The molecule has 0 saturated carbocycles. The highest BCUT2D eigenvalue weighted by atomic mass is 15.1. The van der Waals surface area contributed by atoms with E-state index in [0.29, 0.717) is 6.04 Å². The van der Waals surface area contributed by atoms with Crippen LogP contribution in [0.25, 0.3) is 0 Å². The maximum absolute atomic E-state index is 5.24. The van der Waals surface area contributed by atoms with Gasteiger partial charge in [-0.1, -0.05) is 6.92 Å². The van der Waals surface area contributed by atoms with E-state index in [-0.39, 0.29) is 0 Å². The molecule has 17 heavy (non-hydrogen) atoms. The molecule has 0 spiro atoms. The molecule has 98 valence electrons. The minimum absolute atomic E-state index is 0.648. The maximum atomic E-state index is 5.24. The summed E-state index contributed by atoms with van der Waals surface area (Å²) in [4.78, 5) is 2.57. The van der Waals surface area contributed by atoms with Crippen LogP contribution in [0.5, 0.6) is 0 Å². The molecule has 1 heterocycles. The van der Waals surface area contributed by atoms with Gasteiger partial charge in [0.05, 0.1) is 0 Å². The molecule has 1 fully saturated rings. The lowest BCUT2D eigenvalue weighted by molar-refractivity contribution is 0.157. The van der Waals surface area contributed by atoms with Gasteiger partial charge in [-0.3, -0.25) is 0 Å². The molecule has 0 aromatic heterocycles. The van der Waals surface area contributed by atoms with Gasteiger partial charge in [-0.2, -0.15) is 0 Å². The quantitative estimate of drug-likeness (QED) is 0.540. The van der Waals surface area contributed by atoms with Crippen molar-refractivity contribution in [2.75, 3.05) is 26.2 Å². The summed E-state index contributed by atoms with van der Waals surface area (Å²) in [5.41, 5.74) is 0. The number of nitrogens with one attached hydrogen (secondary N) is 1. The predicted molar refractivity (Wildman–Crippen MR) is 75.0 cm³/mol. The van der Waals surface area contributed by atoms with Crippen molar-refractivity contribution >= 4 is 0 Å². The minimum atomic E-state index is 0.648. The van der Waals surface area contributed by atoms with E-state index in [1.807, 2.05) is 0 Å². The fraction of sp³-hybridized carbons (Fsp3) is 0.867. The zero-order valence-electron chi connectivity index (χ0n) is 11.5. The highest BCUT2D eigenvalue weighted by molar-refractivity contribution is 4.83. The van der Waals surface area contributed by atoms with Crippen molar-refractivity contribution in [3.8, 4) is 12.3 Å². The second kappa shape index (κ2) is 8.55. The van der Waals surface area contributed by atoms with Crippen LogP contribution in [-0.4, -0.2) is 37.1 Å². The summed E-state index contributed by atoms with van der Waals surface area (Å²) < 4.78 is 0. The molecule has 2 heteroatoms. The largest absolute Gasteiger partial charge is 0.314 e. The number of terminal acetylenes is 1. The Morgan fingerprint density at radius 1 is 1.47 bits per heavy atom. The number of rotatable bonds is 7. The third-order valence-electron chi connectivity index (χ3n) is 3.91. The summed E-state index contributed by atoms with van der Waals surface area (Å²) in [5.74, 6) is 3.53. The first kappa shape index (κ1) is 14.5. The first-order valence-electron chi connectivity index (χ1n) is 7.17. The minimum Gasteiger partial charge on any atom is -0.314 e. The first-order valence-corrected chi connectivity index (χ1v) is 7.17. The number of hydrogen-bond donors (Lipinski definition) is 1. The van der Waals surface area contributed by atoms with Gasteiger partial charge >= 0.3 is 0 Å². The van der Waals surface area contributed by atoms with E-state index in [1.54, 1.807) is 0 Å². The summed E-state index contributed by atoms with van der Waals surface area (Å²) in [6.45, 7) is 9.49. The van der Waals surface area contributed by atoms with Crippen LogP contribution >= 0.6 is 0 Å². The van der Waals surface area contributed by atoms with Crippen molar-refractivity contribution in [2.45, 2.75) is 52.0 Å². The standard InChI is InChI=1S/C15H28N2/c1-4-6-7-8-11-16-14(3)15-10-9-12-17(5-2)13-15/h1,14-16H,5-13H2,2-3H3. The van der Waals surface area contributed by atoms with Crippen LogP contribution in [0.2, 0.25) is 0 Å². The third-order valence-corrected chi connectivity index (χ3v) is 3.91. The van der Waals surface area contributed by atoms with Gasteiger partial charge in [0, 0.05) is 19.0 Å². The van der Waals surface area contributed by atoms with Gasteiger partial charge in [-0.25, -0.2) is 0 Å². The third kappa shape index (κ3) is 5.57. The highest BCUT2D eigenvalue weighted by Crippen LogP contribution is 2.19. The molecule has 0 aromatic rings. The molecule has 0 radical (unpaired) electrons. The Morgan fingerprint density at radius 3 is 3.00 bits per heavy atom. The smallest absolute Gasteiger partial charge is 0.00865 e. The van der Waals surface area contributed by atoms with Crippen molar-refractivity contribution in [1.29, 1.82) is 0 Å². The van der Waals surface area contributed by atoms with Gasteiger partial charge in [0.25, 0.3) is 0 Å². The van der Waals surface area contributed by atoms with E-state index in [2.05, 4.69) is 30.0 Å². The van der Waals surface area contributed by atoms with Crippen LogP contribution in [0.15, 0.2) is 0 Å². The van der Waals surface area contributed by atoms with E-state index >= 15 is 0 Å². The Hall–Kier alpha value is -0.520. The van der Waals surface area contributed by atoms with Crippen LogP contribution in [-0.2, 0) is 0 Å². The molecule has 2 nitrogen and oxygen atoms in total. The molecular formula is C15H28N2.